The number of aryl methyl sites for hydroxylation is 1. The van der Waals surface area contributed by atoms with Crippen molar-refractivity contribution >= 4 is 5.82 Å². The lowest BCUT2D eigenvalue weighted by Gasteiger charge is -2.08. The highest BCUT2D eigenvalue weighted by atomic mass is 15.3. The Hall–Kier alpha value is -1.84. The van der Waals surface area contributed by atoms with E-state index in [2.05, 4.69) is 53.8 Å². The minimum atomic E-state index is 0.795. The van der Waals surface area contributed by atoms with Crippen LogP contribution in [0.1, 0.15) is 35.9 Å². The fourth-order valence-corrected chi connectivity index (χ4v) is 2.04. The number of nitrogens with zero attached hydrogens (tertiary/aromatic N) is 3. The first kappa shape index (κ1) is 13.6. The molecule has 0 aromatic carbocycles. The molecule has 0 saturated heterocycles. The molecule has 19 heavy (non-hydrogen) atoms. The molecule has 2 aromatic rings. The fraction of sp³-hybridized carbons (Fsp3) is 0.467. The summed E-state index contributed by atoms with van der Waals surface area (Å²) < 4.78 is 2.06. The quantitative estimate of drug-likeness (QED) is 0.896. The topological polar surface area (TPSA) is 42.7 Å². The van der Waals surface area contributed by atoms with E-state index in [9.17, 15) is 0 Å². The van der Waals surface area contributed by atoms with Gasteiger partial charge >= 0.3 is 0 Å². The maximum atomic E-state index is 4.57. The Balaban J connectivity index is 2.16. The normalized spacial score (nSPS) is 10.7. The van der Waals surface area contributed by atoms with Crippen LogP contribution in [0.4, 0.5) is 5.82 Å². The van der Waals surface area contributed by atoms with E-state index >= 15 is 0 Å². The van der Waals surface area contributed by atoms with Gasteiger partial charge in [0.05, 0.1) is 12.2 Å². The minimum absolute atomic E-state index is 0.795. The van der Waals surface area contributed by atoms with Crippen molar-refractivity contribution in [1.82, 2.24) is 14.8 Å². The van der Waals surface area contributed by atoms with Crippen LogP contribution in [-0.4, -0.2) is 21.3 Å². The number of hydrogen-bond donors (Lipinski definition) is 1. The lowest BCUT2D eigenvalue weighted by molar-refractivity contribution is 0.658. The third kappa shape index (κ3) is 3.13. The second-order valence-corrected chi connectivity index (χ2v) is 4.93. The standard InChI is InChI=1S/C15H22N4/c1-5-7-16-15-9-14(6-8-17-15)10-19-13(4)11(2)12(3)18-19/h6,8-9H,5,7,10H2,1-4H3,(H,16,17). The third-order valence-electron chi connectivity index (χ3n) is 3.46. The van der Waals surface area contributed by atoms with Gasteiger partial charge in [-0.3, -0.25) is 4.68 Å². The molecule has 2 rings (SSSR count). The first-order valence-electron chi connectivity index (χ1n) is 6.81. The van der Waals surface area contributed by atoms with Gasteiger partial charge in [-0.25, -0.2) is 4.98 Å². The Labute approximate surface area is 114 Å². The molecule has 0 unspecified atom stereocenters. The third-order valence-corrected chi connectivity index (χ3v) is 3.46. The number of pyridine rings is 1. The molecular weight excluding hydrogens is 236 g/mol. The first-order valence-corrected chi connectivity index (χ1v) is 6.81. The molecular formula is C15H22N4. The maximum absolute atomic E-state index is 4.57. The molecule has 2 aromatic heterocycles. The van der Waals surface area contributed by atoms with E-state index in [-0.39, 0.29) is 0 Å². The van der Waals surface area contributed by atoms with Gasteiger partial charge < -0.3 is 5.32 Å². The van der Waals surface area contributed by atoms with E-state index in [1.54, 1.807) is 0 Å². The molecule has 0 spiro atoms. The second kappa shape index (κ2) is 5.87. The summed E-state index contributed by atoms with van der Waals surface area (Å²) in [5.74, 6) is 0.942. The van der Waals surface area contributed by atoms with Crippen molar-refractivity contribution in [2.75, 3.05) is 11.9 Å². The van der Waals surface area contributed by atoms with Crippen LogP contribution in [0.5, 0.6) is 0 Å². The van der Waals surface area contributed by atoms with Gasteiger partial charge in [0, 0.05) is 18.4 Å². The van der Waals surface area contributed by atoms with Crippen LogP contribution in [0.25, 0.3) is 0 Å². The van der Waals surface area contributed by atoms with Gasteiger partial charge in [0.15, 0.2) is 0 Å². The van der Waals surface area contributed by atoms with Gasteiger partial charge in [-0.05, 0) is 50.5 Å². The zero-order valence-electron chi connectivity index (χ0n) is 12.2. The first-order chi connectivity index (χ1) is 9.11. The monoisotopic (exact) mass is 258 g/mol. The highest BCUT2D eigenvalue weighted by Crippen LogP contribution is 2.14. The average Bonchev–Trinajstić information content (AvgIpc) is 2.64. The van der Waals surface area contributed by atoms with Crippen molar-refractivity contribution in [3.63, 3.8) is 0 Å². The van der Waals surface area contributed by atoms with E-state index in [0.717, 1.165) is 31.0 Å². The lowest BCUT2D eigenvalue weighted by Crippen LogP contribution is -2.06. The molecule has 0 aliphatic carbocycles. The number of rotatable bonds is 5. The van der Waals surface area contributed by atoms with Crippen LogP contribution in [0.2, 0.25) is 0 Å². The highest BCUT2D eigenvalue weighted by molar-refractivity contribution is 5.37. The van der Waals surface area contributed by atoms with E-state index in [0.29, 0.717) is 0 Å². The molecule has 0 fully saturated rings. The molecule has 0 amide bonds. The summed E-state index contributed by atoms with van der Waals surface area (Å²) in [6.07, 6.45) is 2.95. The Morgan fingerprint density at radius 2 is 2.05 bits per heavy atom. The van der Waals surface area contributed by atoms with Crippen LogP contribution in [0.15, 0.2) is 18.3 Å². The average molecular weight is 258 g/mol. The predicted molar refractivity (Wildman–Crippen MR) is 78.6 cm³/mol. The molecule has 2 heterocycles. The summed E-state index contributed by atoms with van der Waals surface area (Å²) in [4.78, 5) is 4.32. The molecule has 1 N–H and O–H groups in total. The van der Waals surface area contributed by atoms with Crippen molar-refractivity contribution in [2.45, 2.75) is 40.7 Å². The molecule has 0 bridgehead atoms. The van der Waals surface area contributed by atoms with E-state index in [1.165, 1.54) is 16.8 Å². The second-order valence-electron chi connectivity index (χ2n) is 4.93. The molecule has 4 heteroatoms. The lowest BCUT2D eigenvalue weighted by atomic mass is 10.2. The van der Waals surface area contributed by atoms with Gasteiger partial charge in [0.1, 0.15) is 5.82 Å². The van der Waals surface area contributed by atoms with Crippen molar-refractivity contribution in [3.8, 4) is 0 Å². The summed E-state index contributed by atoms with van der Waals surface area (Å²) in [5, 5.41) is 7.88. The van der Waals surface area contributed by atoms with Crippen LogP contribution in [0, 0.1) is 20.8 Å². The smallest absolute Gasteiger partial charge is 0.126 e. The molecule has 0 saturated carbocycles. The SMILES string of the molecule is CCCNc1cc(Cn2nc(C)c(C)c2C)ccn1. The zero-order chi connectivity index (χ0) is 13.8. The maximum Gasteiger partial charge on any atom is 0.126 e. The summed E-state index contributed by atoms with van der Waals surface area (Å²) in [5.41, 5.74) is 4.84. The largest absolute Gasteiger partial charge is 0.370 e. The number of anilines is 1. The van der Waals surface area contributed by atoms with Crippen molar-refractivity contribution in [1.29, 1.82) is 0 Å². The fourth-order valence-electron chi connectivity index (χ4n) is 2.04. The van der Waals surface area contributed by atoms with Crippen molar-refractivity contribution < 1.29 is 0 Å². The summed E-state index contributed by atoms with van der Waals surface area (Å²) in [7, 11) is 0. The van der Waals surface area contributed by atoms with Crippen molar-refractivity contribution in [2.24, 2.45) is 0 Å². The Morgan fingerprint density at radius 3 is 2.68 bits per heavy atom. The van der Waals surface area contributed by atoms with Crippen molar-refractivity contribution in [3.05, 3.63) is 40.8 Å². The Kier molecular flexibility index (Phi) is 4.20. The van der Waals surface area contributed by atoms with Gasteiger partial charge in [-0.1, -0.05) is 6.92 Å². The predicted octanol–water partition coefficient (Wildman–Crippen LogP) is 3.07. The van der Waals surface area contributed by atoms with Gasteiger partial charge in [-0.15, -0.1) is 0 Å². The van der Waals surface area contributed by atoms with Crippen LogP contribution in [-0.2, 0) is 6.54 Å². The van der Waals surface area contributed by atoms with Crippen LogP contribution in [0.3, 0.4) is 0 Å². The number of aromatic nitrogens is 3. The van der Waals surface area contributed by atoms with E-state index in [4.69, 9.17) is 0 Å². The molecule has 4 nitrogen and oxygen atoms in total. The summed E-state index contributed by atoms with van der Waals surface area (Å²) in [6.45, 7) is 10.2. The molecule has 0 radical (unpaired) electrons. The minimum Gasteiger partial charge on any atom is -0.370 e. The van der Waals surface area contributed by atoms with Gasteiger partial charge in [-0.2, -0.15) is 5.10 Å². The number of nitrogens with one attached hydrogen (secondary N) is 1. The van der Waals surface area contributed by atoms with Gasteiger partial charge in [0.2, 0.25) is 0 Å². The van der Waals surface area contributed by atoms with Crippen LogP contribution >= 0.6 is 0 Å². The van der Waals surface area contributed by atoms with Gasteiger partial charge in [0.25, 0.3) is 0 Å². The van der Waals surface area contributed by atoms with E-state index in [1.807, 2.05) is 12.3 Å². The Bertz CT molecular complexity index is 557. The van der Waals surface area contributed by atoms with Crippen LogP contribution < -0.4 is 5.32 Å². The molecule has 0 aliphatic heterocycles. The molecule has 0 aliphatic rings. The zero-order valence-corrected chi connectivity index (χ0v) is 12.2. The number of hydrogen-bond acceptors (Lipinski definition) is 3. The molecule has 102 valence electrons. The summed E-state index contributed by atoms with van der Waals surface area (Å²) in [6, 6.07) is 4.14. The Morgan fingerprint density at radius 1 is 1.26 bits per heavy atom. The summed E-state index contributed by atoms with van der Waals surface area (Å²) >= 11 is 0. The highest BCUT2D eigenvalue weighted by Gasteiger charge is 2.07. The van der Waals surface area contributed by atoms with E-state index < -0.39 is 0 Å². The molecule has 0 atom stereocenters.